The van der Waals surface area contributed by atoms with Crippen LogP contribution in [0.5, 0.6) is 0 Å². The predicted molar refractivity (Wildman–Crippen MR) is 99.2 cm³/mol. The van der Waals surface area contributed by atoms with Crippen molar-refractivity contribution in [3.63, 3.8) is 0 Å². The van der Waals surface area contributed by atoms with Gasteiger partial charge in [0, 0.05) is 16.3 Å². The van der Waals surface area contributed by atoms with Crippen LogP contribution >= 0.6 is 11.6 Å². The number of ether oxygens (including phenoxy) is 1. The zero-order valence-electron chi connectivity index (χ0n) is 14.4. The van der Waals surface area contributed by atoms with Crippen LogP contribution in [0.2, 0.25) is 5.02 Å². The van der Waals surface area contributed by atoms with Crippen LogP contribution in [0.4, 0.5) is 5.69 Å². The number of rotatable bonds is 6. The van der Waals surface area contributed by atoms with Crippen LogP contribution in [-0.2, 0) is 16.1 Å². The Balaban J connectivity index is 1.56. The second-order valence-electron chi connectivity index (χ2n) is 5.54. The largest absolute Gasteiger partial charge is 0.452 e. The third kappa shape index (κ3) is 4.93. The summed E-state index contributed by atoms with van der Waals surface area (Å²) in [6.45, 7) is -0.180. The number of esters is 1. The van der Waals surface area contributed by atoms with Crippen LogP contribution in [0, 0.1) is 11.3 Å². The minimum Gasteiger partial charge on any atom is -0.452 e. The number of hydrogen-bond acceptors (Lipinski definition) is 7. The Morgan fingerprint density at radius 1 is 1.11 bits per heavy atom. The highest BCUT2D eigenvalue weighted by Crippen LogP contribution is 2.20. The van der Waals surface area contributed by atoms with Crippen LogP contribution in [0.25, 0.3) is 11.5 Å². The molecule has 8 nitrogen and oxygen atoms in total. The number of aromatic nitrogens is 2. The fourth-order valence-electron chi connectivity index (χ4n) is 2.20. The van der Waals surface area contributed by atoms with Crippen molar-refractivity contribution in [1.29, 1.82) is 5.26 Å². The van der Waals surface area contributed by atoms with Crippen molar-refractivity contribution in [2.24, 2.45) is 0 Å². The number of nitrogens with one attached hydrogen (secondary N) is 1. The minimum absolute atomic E-state index is 0.152. The molecule has 0 radical (unpaired) electrons. The molecule has 1 amide bonds. The minimum atomic E-state index is -0.582. The molecule has 0 unspecified atom stereocenters. The van der Waals surface area contributed by atoms with Crippen molar-refractivity contribution in [1.82, 2.24) is 10.2 Å². The number of nitrogens with zero attached hydrogens (tertiary/aromatic N) is 3. The molecule has 3 rings (SSSR count). The van der Waals surface area contributed by atoms with Crippen molar-refractivity contribution >= 4 is 29.2 Å². The summed E-state index contributed by atoms with van der Waals surface area (Å²) in [7, 11) is 0. The number of anilines is 1. The van der Waals surface area contributed by atoms with E-state index in [-0.39, 0.29) is 24.5 Å². The quantitative estimate of drug-likeness (QED) is 0.632. The average Bonchev–Trinajstić information content (AvgIpc) is 3.16. The molecule has 0 saturated carbocycles. The summed E-state index contributed by atoms with van der Waals surface area (Å²) in [6, 6.07) is 14.7. The van der Waals surface area contributed by atoms with Crippen LogP contribution in [-0.4, -0.2) is 22.1 Å². The van der Waals surface area contributed by atoms with E-state index in [1.54, 1.807) is 30.3 Å². The summed E-state index contributed by atoms with van der Waals surface area (Å²) in [6.07, 6.45) is -0.244. The van der Waals surface area contributed by atoms with Crippen molar-refractivity contribution in [3.8, 4) is 17.5 Å². The Kier molecular flexibility index (Phi) is 5.99. The molecule has 0 saturated heterocycles. The first-order valence-electron chi connectivity index (χ1n) is 8.07. The van der Waals surface area contributed by atoms with Gasteiger partial charge in [-0.15, -0.1) is 10.2 Å². The number of benzene rings is 2. The number of halogens is 1. The van der Waals surface area contributed by atoms with Gasteiger partial charge in [-0.2, -0.15) is 5.26 Å². The van der Waals surface area contributed by atoms with Gasteiger partial charge in [0.2, 0.25) is 11.8 Å². The van der Waals surface area contributed by atoms with Crippen molar-refractivity contribution < 1.29 is 18.7 Å². The van der Waals surface area contributed by atoms with E-state index < -0.39 is 11.9 Å². The Labute approximate surface area is 164 Å². The first-order chi connectivity index (χ1) is 13.5. The van der Waals surface area contributed by atoms with Crippen LogP contribution in [0.1, 0.15) is 22.7 Å². The summed E-state index contributed by atoms with van der Waals surface area (Å²) in [4.78, 5) is 23.5. The number of nitriles is 1. The van der Waals surface area contributed by atoms with Crippen LogP contribution in [0.3, 0.4) is 0 Å². The van der Waals surface area contributed by atoms with E-state index in [0.29, 0.717) is 22.2 Å². The van der Waals surface area contributed by atoms with Gasteiger partial charge in [-0.05, 0) is 48.5 Å². The zero-order valence-corrected chi connectivity index (χ0v) is 15.1. The molecule has 9 heteroatoms. The van der Waals surface area contributed by atoms with Gasteiger partial charge in [-0.1, -0.05) is 11.6 Å². The van der Waals surface area contributed by atoms with Crippen LogP contribution < -0.4 is 5.32 Å². The maximum absolute atomic E-state index is 12.1. The molecule has 0 aliphatic carbocycles. The molecule has 1 heterocycles. The Hall–Kier alpha value is -3.70. The van der Waals surface area contributed by atoms with Crippen LogP contribution in [0.15, 0.2) is 52.9 Å². The summed E-state index contributed by atoms with van der Waals surface area (Å²) in [5.41, 5.74) is 1.46. The van der Waals surface area contributed by atoms with Gasteiger partial charge in [0.05, 0.1) is 11.6 Å². The number of carbonyl (C=O) groups excluding carboxylic acids is 2. The Morgan fingerprint density at radius 2 is 1.82 bits per heavy atom. The molecule has 140 valence electrons. The van der Waals surface area contributed by atoms with E-state index >= 15 is 0 Å². The van der Waals surface area contributed by atoms with Gasteiger partial charge in [-0.25, -0.2) is 4.79 Å². The fraction of sp³-hybridized carbons (Fsp3) is 0.105. The first kappa shape index (κ1) is 19.1. The summed E-state index contributed by atoms with van der Waals surface area (Å²) >= 11 is 5.84. The van der Waals surface area contributed by atoms with E-state index in [2.05, 4.69) is 15.5 Å². The molecule has 1 N–H and O–H groups in total. The molecule has 0 atom stereocenters. The average molecular weight is 397 g/mol. The third-order valence-corrected chi connectivity index (χ3v) is 3.78. The van der Waals surface area contributed by atoms with Gasteiger partial charge in [-0.3, -0.25) is 4.79 Å². The normalized spacial score (nSPS) is 10.1. The topological polar surface area (TPSA) is 118 Å². The van der Waals surface area contributed by atoms with Crippen molar-refractivity contribution in [2.45, 2.75) is 13.0 Å². The summed E-state index contributed by atoms with van der Waals surface area (Å²) in [5.74, 6) is -0.564. The standard InChI is InChI=1S/C19H13ClN4O4/c20-14-5-1-12(2-6-14)18-24-23-17(28-18)11-27-19(26)13-3-7-15(8-4-13)22-16(25)9-10-21/h1-8H,9,11H2,(H,22,25). The lowest BCUT2D eigenvalue weighted by molar-refractivity contribution is -0.115. The summed E-state index contributed by atoms with van der Waals surface area (Å²) in [5, 5.41) is 19.3. The molecular weight excluding hydrogens is 384 g/mol. The van der Waals surface area contributed by atoms with Gasteiger partial charge in [0.1, 0.15) is 6.42 Å². The highest BCUT2D eigenvalue weighted by Gasteiger charge is 2.13. The maximum atomic E-state index is 12.1. The van der Waals surface area contributed by atoms with E-state index in [0.717, 1.165) is 0 Å². The molecule has 0 bridgehead atoms. The van der Waals surface area contributed by atoms with Gasteiger partial charge in [0.15, 0.2) is 6.61 Å². The SMILES string of the molecule is N#CCC(=O)Nc1ccc(C(=O)OCc2nnc(-c3ccc(Cl)cc3)o2)cc1. The molecule has 2 aromatic carbocycles. The highest BCUT2D eigenvalue weighted by atomic mass is 35.5. The van der Waals surface area contributed by atoms with E-state index in [9.17, 15) is 9.59 Å². The smallest absolute Gasteiger partial charge is 0.338 e. The van der Waals surface area contributed by atoms with E-state index in [1.807, 2.05) is 0 Å². The molecule has 0 spiro atoms. The van der Waals surface area contributed by atoms with Gasteiger partial charge < -0.3 is 14.5 Å². The zero-order chi connectivity index (χ0) is 19.9. The van der Waals surface area contributed by atoms with Gasteiger partial charge in [0.25, 0.3) is 5.89 Å². The van der Waals surface area contributed by atoms with E-state index in [4.69, 9.17) is 26.0 Å². The predicted octanol–water partition coefficient (Wildman–Crippen LogP) is 3.60. The lowest BCUT2D eigenvalue weighted by Gasteiger charge is -2.05. The number of carbonyl (C=O) groups is 2. The Morgan fingerprint density at radius 3 is 2.50 bits per heavy atom. The lowest BCUT2D eigenvalue weighted by Crippen LogP contribution is -2.10. The number of amides is 1. The highest BCUT2D eigenvalue weighted by molar-refractivity contribution is 6.30. The molecule has 28 heavy (non-hydrogen) atoms. The second kappa shape index (κ2) is 8.79. The second-order valence-corrected chi connectivity index (χ2v) is 5.98. The molecule has 0 aliphatic heterocycles. The molecular formula is C19H13ClN4O4. The fourth-order valence-corrected chi connectivity index (χ4v) is 2.32. The Bertz CT molecular complexity index is 1020. The lowest BCUT2D eigenvalue weighted by atomic mass is 10.2. The van der Waals surface area contributed by atoms with Crippen molar-refractivity contribution in [3.05, 3.63) is 65.0 Å². The summed E-state index contributed by atoms with van der Waals surface area (Å²) < 4.78 is 10.6. The first-order valence-corrected chi connectivity index (χ1v) is 8.45. The van der Waals surface area contributed by atoms with Gasteiger partial charge >= 0.3 is 5.97 Å². The van der Waals surface area contributed by atoms with Crippen molar-refractivity contribution in [2.75, 3.05) is 5.32 Å². The monoisotopic (exact) mass is 396 g/mol. The molecule has 0 aliphatic rings. The molecule has 1 aromatic heterocycles. The van der Waals surface area contributed by atoms with E-state index in [1.165, 1.54) is 24.3 Å². The molecule has 0 fully saturated rings. The third-order valence-electron chi connectivity index (χ3n) is 3.53. The molecule has 3 aromatic rings. The number of hydrogen-bond donors (Lipinski definition) is 1. The maximum Gasteiger partial charge on any atom is 0.338 e.